The molecule has 0 unspecified atom stereocenters. The lowest BCUT2D eigenvalue weighted by atomic mass is 10.1. The van der Waals surface area contributed by atoms with Gasteiger partial charge in [0, 0.05) is 6.04 Å². The fraction of sp³-hybridized carbons (Fsp3) is 0.368. The number of sulfonamides is 1. The van der Waals surface area contributed by atoms with Gasteiger partial charge in [0.05, 0.1) is 12.0 Å². The van der Waals surface area contributed by atoms with Gasteiger partial charge in [0.15, 0.2) is 11.5 Å². The van der Waals surface area contributed by atoms with Gasteiger partial charge in [-0.3, -0.25) is 0 Å². The van der Waals surface area contributed by atoms with E-state index in [1.165, 1.54) is 0 Å². The first kappa shape index (κ1) is 18.5. The van der Waals surface area contributed by atoms with Crippen molar-refractivity contribution in [2.45, 2.75) is 31.7 Å². The maximum absolute atomic E-state index is 12.9. The second-order valence-corrected chi connectivity index (χ2v) is 7.94. The van der Waals surface area contributed by atoms with Crippen LogP contribution in [-0.2, 0) is 10.0 Å². The number of nitrogens with one attached hydrogen (secondary N) is 1. The molecule has 2 aromatic rings. The summed E-state index contributed by atoms with van der Waals surface area (Å²) in [7, 11) is -2.12. The summed E-state index contributed by atoms with van der Waals surface area (Å²) in [5.74, 6) is 1.98. The second-order valence-electron chi connectivity index (χ2n) is 6.26. The van der Waals surface area contributed by atoms with Crippen molar-refractivity contribution in [1.29, 1.82) is 0 Å². The summed E-state index contributed by atoms with van der Waals surface area (Å²) in [5, 5.41) is 0. The fourth-order valence-electron chi connectivity index (χ4n) is 2.98. The molecule has 0 saturated carbocycles. The van der Waals surface area contributed by atoms with Crippen molar-refractivity contribution in [3.8, 4) is 17.2 Å². The molecule has 0 aliphatic carbocycles. The topological polar surface area (TPSA) is 73.9 Å². The van der Waals surface area contributed by atoms with Gasteiger partial charge in [0.1, 0.15) is 19.0 Å². The van der Waals surface area contributed by atoms with Crippen molar-refractivity contribution in [1.82, 2.24) is 4.72 Å². The molecule has 7 heteroatoms. The number of rotatable bonds is 5. The van der Waals surface area contributed by atoms with Crippen LogP contribution < -0.4 is 18.9 Å². The van der Waals surface area contributed by atoms with Crippen LogP contribution in [0.2, 0.25) is 0 Å². The Morgan fingerprint density at radius 3 is 2.42 bits per heavy atom. The van der Waals surface area contributed by atoms with E-state index in [9.17, 15) is 8.42 Å². The quantitative estimate of drug-likeness (QED) is 0.867. The van der Waals surface area contributed by atoms with Crippen LogP contribution in [0.15, 0.2) is 35.2 Å². The molecular weight excluding hydrogens is 354 g/mol. The Balaban J connectivity index is 1.87. The van der Waals surface area contributed by atoms with E-state index in [1.54, 1.807) is 39.2 Å². The van der Waals surface area contributed by atoms with Gasteiger partial charge in [0.2, 0.25) is 10.0 Å². The summed E-state index contributed by atoms with van der Waals surface area (Å²) in [6, 6.07) is 8.28. The second kappa shape index (κ2) is 7.17. The Morgan fingerprint density at radius 2 is 1.73 bits per heavy atom. The smallest absolute Gasteiger partial charge is 0.241 e. The SMILES string of the molecule is COc1ccc(S(=O)(=O)N[C@@H](C)c2ccc3c(c2)OCCO3)c(C)c1C. The Bertz CT molecular complexity index is 924. The average molecular weight is 377 g/mol. The Hall–Kier alpha value is -2.25. The molecule has 2 aromatic carbocycles. The van der Waals surface area contributed by atoms with E-state index in [0.717, 1.165) is 11.1 Å². The van der Waals surface area contributed by atoms with Crippen LogP contribution in [0.5, 0.6) is 17.2 Å². The van der Waals surface area contributed by atoms with Gasteiger partial charge < -0.3 is 14.2 Å². The molecule has 0 aromatic heterocycles. The van der Waals surface area contributed by atoms with E-state index in [1.807, 2.05) is 19.1 Å². The maximum Gasteiger partial charge on any atom is 0.241 e. The number of hydrogen-bond acceptors (Lipinski definition) is 5. The Labute approximate surface area is 154 Å². The molecule has 26 heavy (non-hydrogen) atoms. The molecule has 1 atom stereocenters. The summed E-state index contributed by atoms with van der Waals surface area (Å²) >= 11 is 0. The van der Waals surface area contributed by atoms with Crippen molar-refractivity contribution in [3.63, 3.8) is 0 Å². The summed E-state index contributed by atoms with van der Waals surface area (Å²) < 4.78 is 44.8. The average Bonchev–Trinajstić information content (AvgIpc) is 2.62. The van der Waals surface area contributed by atoms with Crippen LogP contribution in [0, 0.1) is 13.8 Å². The van der Waals surface area contributed by atoms with E-state index in [-0.39, 0.29) is 4.90 Å². The molecule has 0 amide bonds. The predicted octanol–water partition coefficient (Wildman–Crippen LogP) is 3.12. The molecule has 0 bridgehead atoms. The predicted molar refractivity (Wildman–Crippen MR) is 98.6 cm³/mol. The lowest BCUT2D eigenvalue weighted by molar-refractivity contribution is 0.171. The number of hydrogen-bond donors (Lipinski definition) is 1. The Morgan fingerprint density at radius 1 is 1.04 bits per heavy atom. The van der Waals surface area contributed by atoms with E-state index in [0.29, 0.717) is 36.0 Å². The zero-order chi connectivity index (χ0) is 18.9. The van der Waals surface area contributed by atoms with Gasteiger partial charge in [-0.1, -0.05) is 6.07 Å². The molecule has 1 aliphatic heterocycles. The van der Waals surface area contributed by atoms with Crippen LogP contribution >= 0.6 is 0 Å². The highest BCUT2D eigenvalue weighted by Gasteiger charge is 2.23. The van der Waals surface area contributed by atoms with E-state index in [4.69, 9.17) is 14.2 Å². The summed E-state index contributed by atoms with van der Waals surface area (Å²) in [4.78, 5) is 0.250. The molecule has 0 radical (unpaired) electrons. The zero-order valence-corrected chi connectivity index (χ0v) is 16.1. The fourth-order valence-corrected chi connectivity index (χ4v) is 4.51. The van der Waals surface area contributed by atoms with Crippen molar-refractivity contribution >= 4 is 10.0 Å². The first-order valence-corrected chi connectivity index (χ1v) is 9.88. The third kappa shape index (κ3) is 3.50. The number of ether oxygens (including phenoxy) is 3. The maximum atomic E-state index is 12.9. The van der Waals surface area contributed by atoms with Crippen LogP contribution in [0.4, 0.5) is 0 Å². The monoisotopic (exact) mass is 377 g/mol. The van der Waals surface area contributed by atoms with Crippen LogP contribution in [0.25, 0.3) is 0 Å². The van der Waals surface area contributed by atoms with Crippen molar-refractivity contribution < 1.29 is 22.6 Å². The standard InChI is InChI=1S/C19H23NO5S/c1-12-13(2)19(8-7-16(12)23-4)26(21,22)20-14(3)15-5-6-17-18(11-15)25-10-9-24-17/h5-8,11,14,20H,9-10H2,1-4H3/t14-/m0/s1. The number of fused-ring (bicyclic) bond motifs is 1. The molecule has 1 N–H and O–H groups in total. The first-order chi connectivity index (χ1) is 12.3. The minimum Gasteiger partial charge on any atom is -0.496 e. The molecular formula is C19H23NO5S. The molecule has 0 spiro atoms. The largest absolute Gasteiger partial charge is 0.496 e. The minimum atomic E-state index is -3.68. The third-order valence-corrected chi connectivity index (χ3v) is 6.28. The number of methoxy groups -OCH3 is 1. The van der Waals surface area contributed by atoms with E-state index >= 15 is 0 Å². The summed E-state index contributed by atoms with van der Waals surface area (Å²) in [6.45, 7) is 6.43. The van der Waals surface area contributed by atoms with E-state index in [2.05, 4.69) is 4.72 Å². The lowest BCUT2D eigenvalue weighted by Gasteiger charge is -2.21. The molecule has 0 saturated heterocycles. The van der Waals surface area contributed by atoms with E-state index < -0.39 is 16.1 Å². The van der Waals surface area contributed by atoms with Gasteiger partial charge in [-0.05, 0) is 61.7 Å². The van der Waals surface area contributed by atoms with Gasteiger partial charge in [-0.2, -0.15) is 0 Å². The van der Waals surface area contributed by atoms with Crippen molar-refractivity contribution in [2.24, 2.45) is 0 Å². The molecule has 1 aliphatic rings. The minimum absolute atomic E-state index is 0.250. The van der Waals surface area contributed by atoms with Gasteiger partial charge >= 0.3 is 0 Å². The van der Waals surface area contributed by atoms with Gasteiger partial charge in [0.25, 0.3) is 0 Å². The zero-order valence-electron chi connectivity index (χ0n) is 15.3. The molecule has 1 heterocycles. The molecule has 140 valence electrons. The molecule has 3 rings (SSSR count). The summed E-state index contributed by atoms with van der Waals surface area (Å²) in [5.41, 5.74) is 2.29. The highest BCUT2D eigenvalue weighted by Crippen LogP contribution is 2.33. The van der Waals surface area contributed by atoms with Crippen molar-refractivity contribution in [2.75, 3.05) is 20.3 Å². The lowest BCUT2D eigenvalue weighted by Crippen LogP contribution is -2.28. The van der Waals surface area contributed by atoms with Crippen molar-refractivity contribution in [3.05, 3.63) is 47.0 Å². The number of benzene rings is 2. The van der Waals surface area contributed by atoms with Gasteiger partial charge in [-0.25, -0.2) is 13.1 Å². The van der Waals surface area contributed by atoms with Crippen LogP contribution in [-0.4, -0.2) is 28.7 Å². The third-order valence-electron chi connectivity index (χ3n) is 4.60. The van der Waals surface area contributed by atoms with Crippen LogP contribution in [0.1, 0.15) is 29.7 Å². The highest BCUT2D eigenvalue weighted by atomic mass is 32.2. The summed E-state index contributed by atoms with van der Waals surface area (Å²) in [6.07, 6.45) is 0. The highest BCUT2D eigenvalue weighted by molar-refractivity contribution is 7.89. The molecule has 6 nitrogen and oxygen atoms in total. The Kier molecular flexibility index (Phi) is 5.11. The normalized spacial score (nSPS) is 14.8. The molecule has 0 fully saturated rings. The van der Waals surface area contributed by atoms with Gasteiger partial charge in [-0.15, -0.1) is 0 Å². The first-order valence-electron chi connectivity index (χ1n) is 8.39. The van der Waals surface area contributed by atoms with Crippen LogP contribution in [0.3, 0.4) is 0 Å².